The molecule has 0 bridgehead atoms. The zero-order valence-electron chi connectivity index (χ0n) is 8.47. The summed E-state index contributed by atoms with van der Waals surface area (Å²) in [7, 11) is 0. The van der Waals surface area contributed by atoms with E-state index in [-0.39, 0.29) is 6.04 Å². The maximum Gasteiger partial charge on any atom is 0.225 e. The first-order valence-electron chi connectivity index (χ1n) is 4.93. The summed E-state index contributed by atoms with van der Waals surface area (Å²) in [6.07, 6.45) is 2.63. The molecule has 2 rings (SSSR count). The maximum atomic E-state index is 5.95. The first kappa shape index (κ1) is 10.2. The third-order valence-corrected chi connectivity index (χ3v) is 2.71. The van der Waals surface area contributed by atoms with E-state index in [4.69, 9.17) is 11.6 Å². The van der Waals surface area contributed by atoms with Crippen LogP contribution in [0.5, 0.6) is 0 Å². The van der Waals surface area contributed by atoms with E-state index in [1.54, 1.807) is 6.33 Å². The average molecular weight is 222 g/mol. The summed E-state index contributed by atoms with van der Waals surface area (Å²) < 4.78 is 1.89. The van der Waals surface area contributed by atoms with Crippen molar-refractivity contribution < 1.29 is 0 Å². The molecule has 0 aliphatic heterocycles. The van der Waals surface area contributed by atoms with Gasteiger partial charge >= 0.3 is 0 Å². The number of nitrogens with zero attached hydrogens (tertiary/aromatic N) is 3. The van der Waals surface area contributed by atoms with Gasteiger partial charge in [0.05, 0.1) is 6.04 Å². The van der Waals surface area contributed by atoms with E-state index in [1.165, 1.54) is 5.56 Å². The normalized spacial score (nSPS) is 12.7. The predicted octanol–water partition coefficient (Wildman–Crippen LogP) is 2.93. The molecule has 0 fully saturated rings. The highest BCUT2D eigenvalue weighted by Gasteiger charge is 2.13. The minimum atomic E-state index is 0.216. The molecular formula is C11H12ClN3. The van der Waals surface area contributed by atoms with Crippen LogP contribution >= 0.6 is 11.6 Å². The number of aromatic nitrogens is 3. The van der Waals surface area contributed by atoms with E-state index in [1.807, 2.05) is 22.8 Å². The molecule has 0 radical (unpaired) electrons. The van der Waals surface area contributed by atoms with Crippen molar-refractivity contribution in [1.29, 1.82) is 0 Å². The summed E-state index contributed by atoms with van der Waals surface area (Å²) in [5.74, 6) is 0. The Kier molecular flexibility index (Phi) is 3.02. The van der Waals surface area contributed by atoms with Crippen molar-refractivity contribution in [2.75, 3.05) is 0 Å². The molecule has 1 unspecified atom stereocenters. The fraction of sp³-hybridized carbons (Fsp3) is 0.273. The topological polar surface area (TPSA) is 30.7 Å². The molecule has 2 aromatic rings. The molecule has 3 nitrogen and oxygen atoms in total. The van der Waals surface area contributed by atoms with Gasteiger partial charge in [-0.3, -0.25) is 4.57 Å². The summed E-state index contributed by atoms with van der Waals surface area (Å²) in [4.78, 5) is 0. The van der Waals surface area contributed by atoms with Gasteiger partial charge in [0.15, 0.2) is 0 Å². The van der Waals surface area contributed by atoms with Crippen molar-refractivity contribution >= 4 is 11.6 Å². The Morgan fingerprint density at radius 1 is 1.33 bits per heavy atom. The van der Waals surface area contributed by atoms with Gasteiger partial charge in [-0.25, -0.2) is 0 Å². The van der Waals surface area contributed by atoms with Crippen LogP contribution in [0, 0.1) is 0 Å². The van der Waals surface area contributed by atoms with Gasteiger partial charge in [0.25, 0.3) is 0 Å². The van der Waals surface area contributed by atoms with Gasteiger partial charge in [0.2, 0.25) is 5.28 Å². The van der Waals surface area contributed by atoms with Gasteiger partial charge in [-0.1, -0.05) is 37.3 Å². The van der Waals surface area contributed by atoms with Crippen molar-refractivity contribution in [3.63, 3.8) is 0 Å². The molecule has 4 heteroatoms. The van der Waals surface area contributed by atoms with E-state index in [0.717, 1.165) is 6.42 Å². The molecule has 0 N–H and O–H groups in total. The Bertz CT molecular complexity index is 424. The second-order valence-corrected chi connectivity index (χ2v) is 3.68. The van der Waals surface area contributed by atoms with Gasteiger partial charge in [-0.2, -0.15) is 0 Å². The van der Waals surface area contributed by atoms with Gasteiger partial charge in [0, 0.05) is 0 Å². The molecule has 1 aromatic heterocycles. The molecule has 0 aliphatic rings. The summed E-state index contributed by atoms with van der Waals surface area (Å²) in [5, 5.41) is 8.02. The fourth-order valence-corrected chi connectivity index (χ4v) is 1.91. The van der Waals surface area contributed by atoms with Crippen LogP contribution in [0.2, 0.25) is 5.28 Å². The Morgan fingerprint density at radius 3 is 2.60 bits per heavy atom. The van der Waals surface area contributed by atoms with Crippen molar-refractivity contribution in [3.05, 3.63) is 47.5 Å². The number of benzene rings is 1. The number of halogens is 1. The number of hydrogen-bond acceptors (Lipinski definition) is 2. The maximum absolute atomic E-state index is 5.95. The highest BCUT2D eigenvalue weighted by Crippen LogP contribution is 2.23. The summed E-state index contributed by atoms with van der Waals surface area (Å²) in [5.41, 5.74) is 1.22. The van der Waals surface area contributed by atoms with Crippen LogP contribution < -0.4 is 0 Å². The van der Waals surface area contributed by atoms with Crippen LogP contribution in [-0.2, 0) is 0 Å². The molecule has 0 spiro atoms. The number of hydrogen-bond donors (Lipinski definition) is 0. The molecule has 1 heterocycles. The standard InChI is InChI=1S/C11H12ClN3/c1-2-10(9-6-4-3-5-7-9)15-8-13-14-11(15)12/h3-8,10H,2H2,1H3. The molecule has 1 aromatic carbocycles. The molecule has 0 aliphatic carbocycles. The van der Waals surface area contributed by atoms with Crippen LogP contribution in [0.1, 0.15) is 24.9 Å². The van der Waals surface area contributed by atoms with Crippen LogP contribution in [0.3, 0.4) is 0 Å². The van der Waals surface area contributed by atoms with E-state index >= 15 is 0 Å². The highest BCUT2D eigenvalue weighted by atomic mass is 35.5. The molecule has 15 heavy (non-hydrogen) atoms. The second kappa shape index (κ2) is 4.45. The third kappa shape index (κ3) is 2.02. The minimum Gasteiger partial charge on any atom is -0.297 e. The van der Waals surface area contributed by atoms with Crippen LogP contribution in [0.25, 0.3) is 0 Å². The van der Waals surface area contributed by atoms with E-state index < -0.39 is 0 Å². The number of rotatable bonds is 3. The van der Waals surface area contributed by atoms with E-state index in [9.17, 15) is 0 Å². The Balaban J connectivity index is 2.37. The Labute approximate surface area is 93.7 Å². The molecule has 78 valence electrons. The van der Waals surface area contributed by atoms with Crippen molar-refractivity contribution in [2.45, 2.75) is 19.4 Å². The highest BCUT2D eigenvalue weighted by molar-refractivity contribution is 6.28. The second-order valence-electron chi connectivity index (χ2n) is 3.34. The predicted molar refractivity (Wildman–Crippen MR) is 59.9 cm³/mol. The molecule has 0 saturated carbocycles. The molecule has 0 saturated heterocycles. The Morgan fingerprint density at radius 2 is 2.07 bits per heavy atom. The first-order chi connectivity index (χ1) is 7.33. The molecule has 1 atom stereocenters. The summed E-state index contributed by atoms with van der Waals surface area (Å²) in [6.45, 7) is 2.12. The lowest BCUT2D eigenvalue weighted by atomic mass is 10.0. The van der Waals surface area contributed by atoms with Crippen molar-refractivity contribution in [1.82, 2.24) is 14.8 Å². The lowest BCUT2D eigenvalue weighted by Gasteiger charge is -2.16. The average Bonchev–Trinajstić information content (AvgIpc) is 2.68. The van der Waals surface area contributed by atoms with E-state index in [0.29, 0.717) is 5.28 Å². The first-order valence-corrected chi connectivity index (χ1v) is 5.30. The van der Waals surface area contributed by atoms with Gasteiger partial charge in [-0.05, 0) is 23.6 Å². The monoisotopic (exact) mass is 221 g/mol. The van der Waals surface area contributed by atoms with Crippen molar-refractivity contribution in [2.24, 2.45) is 0 Å². The van der Waals surface area contributed by atoms with E-state index in [2.05, 4.69) is 29.3 Å². The van der Waals surface area contributed by atoms with Gasteiger partial charge in [0.1, 0.15) is 6.33 Å². The van der Waals surface area contributed by atoms with Gasteiger partial charge < -0.3 is 0 Å². The minimum absolute atomic E-state index is 0.216. The molecule has 0 amide bonds. The quantitative estimate of drug-likeness (QED) is 0.798. The zero-order valence-corrected chi connectivity index (χ0v) is 9.22. The van der Waals surface area contributed by atoms with Crippen LogP contribution in [0.4, 0.5) is 0 Å². The SMILES string of the molecule is CCC(c1ccccc1)n1cnnc1Cl. The van der Waals surface area contributed by atoms with Crippen molar-refractivity contribution in [3.8, 4) is 0 Å². The fourth-order valence-electron chi connectivity index (χ4n) is 1.71. The lowest BCUT2D eigenvalue weighted by molar-refractivity contribution is 0.565. The zero-order chi connectivity index (χ0) is 10.7. The van der Waals surface area contributed by atoms with Crippen LogP contribution in [-0.4, -0.2) is 14.8 Å². The largest absolute Gasteiger partial charge is 0.297 e. The van der Waals surface area contributed by atoms with Crippen LogP contribution in [0.15, 0.2) is 36.7 Å². The third-order valence-electron chi connectivity index (χ3n) is 2.44. The Hall–Kier alpha value is -1.35. The summed E-state index contributed by atoms with van der Waals surface area (Å²) >= 11 is 5.95. The summed E-state index contributed by atoms with van der Waals surface area (Å²) in [6, 6.07) is 10.4. The lowest BCUT2D eigenvalue weighted by Crippen LogP contribution is -2.08. The smallest absolute Gasteiger partial charge is 0.225 e. The van der Waals surface area contributed by atoms with Gasteiger partial charge in [-0.15, -0.1) is 10.2 Å². The molecular weight excluding hydrogens is 210 g/mol.